The third kappa shape index (κ3) is 2.68. The van der Waals surface area contributed by atoms with Crippen LogP contribution in [0.5, 0.6) is 0 Å². The molecule has 0 aromatic heterocycles. The predicted molar refractivity (Wildman–Crippen MR) is 55.9 cm³/mol. The number of nitrogens with one attached hydrogen (secondary N) is 1. The molecule has 2 heteroatoms. The zero-order valence-corrected chi connectivity index (χ0v) is 9.55. The average molecular weight is 185 g/mol. The molecular formula is C11H23NO. The zero-order chi connectivity index (χ0) is 10.1. The van der Waals surface area contributed by atoms with Crippen LogP contribution >= 0.6 is 0 Å². The van der Waals surface area contributed by atoms with Crippen molar-refractivity contribution in [1.29, 1.82) is 0 Å². The second-order valence-electron chi connectivity index (χ2n) is 4.90. The van der Waals surface area contributed by atoms with Gasteiger partial charge in [-0.25, -0.2) is 0 Å². The van der Waals surface area contributed by atoms with Crippen LogP contribution in [0, 0.1) is 5.92 Å². The summed E-state index contributed by atoms with van der Waals surface area (Å²) in [6.45, 7) is 8.91. The van der Waals surface area contributed by atoms with Gasteiger partial charge in [0.05, 0.1) is 12.2 Å². The van der Waals surface area contributed by atoms with Gasteiger partial charge < -0.3 is 10.1 Å². The van der Waals surface area contributed by atoms with Crippen LogP contribution in [0.1, 0.15) is 40.5 Å². The van der Waals surface area contributed by atoms with E-state index >= 15 is 0 Å². The van der Waals surface area contributed by atoms with E-state index < -0.39 is 0 Å². The molecule has 1 N–H and O–H groups in total. The number of ether oxygens (including phenoxy) is 1. The molecule has 78 valence electrons. The van der Waals surface area contributed by atoms with Crippen LogP contribution in [0.3, 0.4) is 0 Å². The topological polar surface area (TPSA) is 21.3 Å². The Morgan fingerprint density at radius 1 is 1.15 bits per heavy atom. The molecule has 1 saturated heterocycles. The first kappa shape index (κ1) is 11.0. The first-order valence-corrected chi connectivity index (χ1v) is 5.30. The summed E-state index contributed by atoms with van der Waals surface area (Å²) in [7, 11) is 2.05. The minimum absolute atomic E-state index is 0.242. The molecular weight excluding hydrogens is 162 g/mol. The SMILES string of the molecule is CNC(C)(C)[C@H]1C[C@@H](C)O[C@@H](C)C1. The highest BCUT2D eigenvalue weighted by Gasteiger charge is 2.34. The molecule has 0 aromatic rings. The van der Waals surface area contributed by atoms with E-state index in [9.17, 15) is 0 Å². The van der Waals surface area contributed by atoms with E-state index in [1.54, 1.807) is 0 Å². The molecule has 0 bridgehead atoms. The second-order valence-corrected chi connectivity index (χ2v) is 4.90. The van der Waals surface area contributed by atoms with Crippen molar-refractivity contribution in [3.8, 4) is 0 Å². The predicted octanol–water partition coefficient (Wildman–Crippen LogP) is 2.19. The molecule has 0 amide bonds. The summed E-state index contributed by atoms with van der Waals surface area (Å²) in [5.74, 6) is 0.733. The van der Waals surface area contributed by atoms with E-state index in [0.29, 0.717) is 12.2 Å². The summed E-state index contributed by atoms with van der Waals surface area (Å²) in [6, 6.07) is 0. The molecule has 2 nitrogen and oxygen atoms in total. The van der Waals surface area contributed by atoms with Crippen molar-refractivity contribution in [3.05, 3.63) is 0 Å². The van der Waals surface area contributed by atoms with Crippen molar-refractivity contribution in [1.82, 2.24) is 5.32 Å². The maximum absolute atomic E-state index is 5.73. The van der Waals surface area contributed by atoms with E-state index in [1.807, 2.05) is 7.05 Å². The Morgan fingerprint density at radius 3 is 2.00 bits per heavy atom. The summed E-state index contributed by atoms with van der Waals surface area (Å²) in [5.41, 5.74) is 0.242. The van der Waals surface area contributed by atoms with Crippen molar-refractivity contribution in [2.24, 2.45) is 5.92 Å². The summed E-state index contributed by atoms with van der Waals surface area (Å²) >= 11 is 0. The Labute approximate surface area is 82.0 Å². The summed E-state index contributed by atoms with van der Waals surface area (Å²) in [4.78, 5) is 0. The summed E-state index contributed by atoms with van der Waals surface area (Å²) < 4.78 is 5.73. The van der Waals surface area contributed by atoms with Crippen molar-refractivity contribution in [2.75, 3.05) is 7.05 Å². The molecule has 1 aliphatic heterocycles. The third-order valence-electron chi connectivity index (χ3n) is 3.36. The number of hydrogen-bond donors (Lipinski definition) is 1. The Hall–Kier alpha value is -0.0800. The Morgan fingerprint density at radius 2 is 1.62 bits per heavy atom. The Bertz CT molecular complexity index is 157. The fourth-order valence-corrected chi connectivity index (χ4v) is 2.20. The van der Waals surface area contributed by atoms with Crippen molar-refractivity contribution < 1.29 is 4.74 Å². The maximum atomic E-state index is 5.73. The lowest BCUT2D eigenvalue weighted by Gasteiger charge is -2.41. The van der Waals surface area contributed by atoms with Crippen molar-refractivity contribution in [2.45, 2.75) is 58.3 Å². The van der Waals surface area contributed by atoms with Crippen LogP contribution in [0.15, 0.2) is 0 Å². The van der Waals surface area contributed by atoms with E-state index in [4.69, 9.17) is 4.74 Å². The van der Waals surface area contributed by atoms with Gasteiger partial charge in [0, 0.05) is 5.54 Å². The molecule has 13 heavy (non-hydrogen) atoms. The van der Waals surface area contributed by atoms with E-state index in [-0.39, 0.29) is 5.54 Å². The van der Waals surface area contributed by atoms with Crippen molar-refractivity contribution >= 4 is 0 Å². The molecule has 0 saturated carbocycles. The molecule has 3 atom stereocenters. The average Bonchev–Trinajstić information content (AvgIpc) is 2.02. The standard InChI is InChI=1S/C11H23NO/c1-8-6-10(7-9(2)13-8)11(3,4)12-5/h8-10,12H,6-7H2,1-5H3/t8-,9+,10+. The molecule has 1 rings (SSSR count). The fourth-order valence-electron chi connectivity index (χ4n) is 2.20. The minimum atomic E-state index is 0.242. The molecule has 0 radical (unpaired) electrons. The monoisotopic (exact) mass is 185 g/mol. The summed E-state index contributed by atoms with van der Waals surface area (Å²) in [6.07, 6.45) is 3.19. The molecule has 0 aromatic carbocycles. The van der Waals surface area contributed by atoms with Gasteiger partial charge in [0.25, 0.3) is 0 Å². The first-order chi connectivity index (χ1) is 5.95. The molecule has 0 aliphatic carbocycles. The highest BCUT2D eigenvalue weighted by atomic mass is 16.5. The highest BCUT2D eigenvalue weighted by Crippen LogP contribution is 2.32. The Balaban J connectivity index is 2.59. The van der Waals surface area contributed by atoms with Gasteiger partial charge in [0.15, 0.2) is 0 Å². The van der Waals surface area contributed by atoms with Gasteiger partial charge in [0.2, 0.25) is 0 Å². The largest absolute Gasteiger partial charge is 0.376 e. The van der Waals surface area contributed by atoms with Gasteiger partial charge in [-0.1, -0.05) is 0 Å². The van der Waals surface area contributed by atoms with Crippen LogP contribution in [-0.4, -0.2) is 24.8 Å². The van der Waals surface area contributed by atoms with E-state index in [2.05, 4.69) is 33.0 Å². The Kier molecular flexibility index (Phi) is 3.36. The van der Waals surface area contributed by atoms with Crippen LogP contribution in [0.2, 0.25) is 0 Å². The van der Waals surface area contributed by atoms with Crippen LogP contribution in [0.4, 0.5) is 0 Å². The molecule has 1 fully saturated rings. The van der Waals surface area contributed by atoms with Gasteiger partial charge in [-0.3, -0.25) is 0 Å². The van der Waals surface area contributed by atoms with Crippen LogP contribution < -0.4 is 5.32 Å². The molecule has 0 spiro atoms. The zero-order valence-electron chi connectivity index (χ0n) is 9.55. The van der Waals surface area contributed by atoms with Gasteiger partial charge in [0.1, 0.15) is 0 Å². The van der Waals surface area contributed by atoms with Gasteiger partial charge in [-0.2, -0.15) is 0 Å². The number of hydrogen-bond acceptors (Lipinski definition) is 2. The third-order valence-corrected chi connectivity index (χ3v) is 3.36. The van der Waals surface area contributed by atoms with Gasteiger partial charge >= 0.3 is 0 Å². The molecule has 1 aliphatic rings. The minimum Gasteiger partial charge on any atom is -0.376 e. The lowest BCUT2D eigenvalue weighted by atomic mass is 9.78. The smallest absolute Gasteiger partial charge is 0.0554 e. The van der Waals surface area contributed by atoms with Gasteiger partial charge in [-0.15, -0.1) is 0 Å². The van der Waals surface area contributed by atoms with E-state index in [1.165, 1.54) is 12.8 Å². The van der Waals surface area contributed by atoms with Crippen molar-refractivity contribution in [3.63, 3.8) is 0 Å². The summed E-state index contributed by atoms with van der Waals surface area (Å²) in [5, 5.41) is 3.40. The molecule has 1 heterocycles. The maximum Gasteiger partial charge on any atom is 0.0554 e. The fraction of sp³-hybridized carbons (Fsp3) is 1.00. The lowest BCUT2D eigenvalue weighted by molar-refractivity contribution is -0.0671. The normalized spacial score (nSPS) is 36.2. The van der Waals surface area contributed by atoms with Gasteiger partial charge in [-0.05, 0) is 53.5 Å². The lowest BCUT2D eigenvalue weighted by Crippen LogP contribution is -2.48. The quantitative estimate of drug-likeness (QED) is 0.712. The van der Waals surface area contributed by atoms with Crippen LogP contribution in [0.25, 0.3) is 0 Å². The second kappa shape index (κ2) is 3.97. The van der Waals surface area contributed by atoms with Crippen LogP contribution in [-0.2, 0) is 4.74 Å². The highest BCUT2D eigenvalue weighted by molar-refractivity contribution is 4.89. The van der Waals surface area contributed by atoms with E-state index in [0.717, 1.165) is 5.92 Å². The molecule has 0 unspecified atom stereocenters. The first-order valence-electron chi connectivity index (χ1n) is 5.30. The number of rotatable bonds is 2.